The molecule has 2 aromatic heterocycles. The minimum absolute atomic E-state index is 0.518. The van der Waals surface area contributed by atoms with E-state index in [0.717, 1.165) is 31.0 Å². The number of aromatic nitrogens is 4. The fourth-order valence-corrected chi connectivity index (χ4v) is 2.32. The van der Waals surface area contributed by atoms with Crippen LogP contribution in [0, 0.1) is 6.92 Å². The summed E-state index contributed by atoms with van der Waals surface area (Å²) in [6.45, 7) is 4.09. The molecule has 1 atom stereocenters. The SMILES string of the molecule is Cc1cc(N(C)C2CCNC2)n2ncnc2n1. The molecule has 0 amide bonds. The van der Waals surface area contributed by atoms with Gasteiger partial charge in [0.15, 0.2) is 0 Å². The molecule has 0 aliphatic carbocycles. The van der Waals surface area contributed by atoms with Crippen LogP contribution in [0.2, 0.25) is 0 Å². The van der Waals surface area contributed by atoms with Crippen molar-refractivity contribution in [3.05, 3.63) is 18.1 Å². The van der Waals surface area contributed by atoms with Crippen LogP contribution in [-0.4, -0.2) is 45.8 Å². The molecular formula is C11H16N6. The minimum Gasteiger partial charge on any atom is -0.355 e. The molecule has 0 aromatic carbocycles. The predicted molar refractivity (Wildman–Crippen MR) is 65.2 cm³/mol. The fourth-order valence-electron chi connectivity index (χ4n) is 2.32. The second kappa shape index (κ2) is 3.96. The van der Waals surface area contributed by atoms with Crippen molar-refractivity contribution >= 4 is 11.6 Å². The Balaban J connectivity index is 2.05. The van der Waals surface area contributed by atoms with Crippen molar-refractivity contribution in [2.75, 3.05) is 25.0 Å². The average Bonchev–Trinajstić information content (AvgIpc) is 2.97. The topological polar surface area (TPSA) is 58.4 Å². The third-order valence-corrected chi connectivity index (χ3v) is 3.30. The number of hydrogen-bond acceptors (Lipinski definition) is 5. The number of nitrogens with zero attached hydrogens (tertiary/aromatic N) is 5. The van der Waals surface area contributed by atoms with Gasteiger partial charge in [0.05, 0.1) is 0 Å². The van der Waals surface area contributed by atoms with E-state index in [2.05, 4.69) is 38.4 Å². The van der Waals surface area contributed by atoms with Crippen molar-refractivity contribution in [3.63, 3.8) is 0 Å². The highest BCUT2D eigenvalue weighted by Crippen LogP contribution is 2.19. The first-order chi connectivity index (χ1) is 8.25. The molecule has 2 aromatic rings. The Morgan fingerprint density at radius 1 is 1.53 bits per heavy atom. The number of rotatable bonds is 2. The lowest BCUT2D eigenvalue weighted by molar-refractivity contribution is 0.665. The summed E-state index contributed by atoms with van der Waals surface area (Å²) in [5.74, 6) is 1.72. The van der Waals surface area contributed by atoms with Gasteiger partial charge in [-0.25, -0.2) is 4.98 Å². The molecule has 3 heterocycles. The summed E-state index contributed by atoms with van der Waals surface area (Å²) in [4.78, 5) is 10.8. The van der Waals surface area contributed by atoms with Crippen molar-refractivity contribution in [3.8, 4) is 0 Å². The first-order valence-corrected chi connectivity index (χ1v) is 5.86. The Kier molecular flexibility index (Phi) is 2.44. The first kappa shape index (κ1) is 10.5. The Morgan fingerprint density at radius 3 is 3.18 bits per heavy atom. The number of likely N-dealkylation sites (N-methyl/N-ethyl adjacent to an activating group) is 1. The summed E-state index contributed by atoms with van der Waals surface area (Å²) in [5, 5.41) is 7.61. The molecule has 1 fully saturated rings. The van der Waals surface area contributed by atoms with Crippen LogP contribution in [-0.2, 0) is 0 Å². The maximum atomic E-state index is 4.35. The molecule has 0 spiro atoms. The van der Waals surface area contributed by atoms with Gasteiger partial charge >= 0.3 is 0 Å². The van der Waals surface area contributed by atoms with Gasteiger partial charge in [-0.05, 0) is 19.9 Å². The van der Waals surface area contributed by atoms with Gasteiger partial charge in [-0.2, -0.15) is 14.6 Å². The van der Waals surface area contributed by atoms with E-state index in [9.17, 15) is 0 Å². The van der Waals surface area contributed by atoms with Crippen LogP contribution in [0.25, 0.3) is 5.78 Å². The van der Waals surface area contributed by atoms with Crippen molar-refractivity contribution in [1.29, 1.82) is 0 Å². The molecule has 1 saturated heterocycles. The third-order valence-electron chi connectivity index (χ3n) is 3.30. The van der Waals surface area contributed by atoms with E-state index in [-0.39, 0.29) is 0 Å². The molecule has 1 unspecified atom stereocenters. The molecule has 0 radical (unpaired) electrons. The molecule has 90 valence electrons. The zero-order chi connectivity index (χ0) is 11.8. The molecule has 0 saturated carbocycles. The summed E-state index contributed by atoms with van der Waals surface area (Å²) < 4.78 is 1.80. The standard InChI is InChI=1S/C11H16N6/c1-8-5-10(16(2)9-3-4-12-6-9)17-11(15-8)13-7-14-17/h5,7,9,12H,3-4,6H2,1-2H3. The van der Waals surface area contributed by atoms with Crippen LogP contribution < -0.4 is 10.2 Å². The first-order valence-electron chi connectivity index (χ1n) is 5.86. The molecule has 1 aliphatic heterocycles. The van der Waals surface area contributed by atoms with E-state index >= 15 is 0 Å². The van der Waals surface area contributed by atoms with Crippen molar-refractivity contribution in [1.82, 2.24) is 24.9 Å². The van der Waals surface area contributed by atoms with Gasteiger partial charge in [0, 0.05) is 31.4 Å². The molecule has 1 N–H and O–H groups in total. The average molecular weight is 232 g/mol. The molecule has 17 heavy (non-hydrogen) atoms. The summed E-state index contributed by atoms with van der Waals surface area (Å²) in [7, 11) is 2.10. The van der Waals surface area contributed by atoms with Crippen LogP contribution in [0.5, 0.6) is 0 Å². The maximum Gasteiger partial charge on any atom is 0.254 e. The Bertz CT molecular complexity index is 528. The molecular weight excluding hydrogens is 216 g/mol. The van der Waals surface area contributed by atoms with Gasteiger partial charge in [-0.15, -0.1) is 0 Å². The largest absolute Gasteiger partial charge is 0.355 e. The predicted octanol–water partition coefficient (Wildman–Crippen LogP) is 0.231. The summed E-state index contributed by atoms with van der Waals surface area (Å²) >= 11 is 0. The molecule has 6 nitrogen and oxygen atoms in total. The smallest absolute Gasteiger partial charge is 0.254 e. The second-order valence-electron chi connectivity index (χ2n) is 4.49. The number of nitrogens with one attached hydrogen (secondary N) is 1. The maximum absolute atomic E-state index is 4.35. The quantitative estimate of drug-likeness (QED) is 0.803. The van der Waals surface area contributed by atoms with Crippen LogP contribution in [0.4, 0.5) is 5.82 Å². The van der Waals surface area contributed by atoms with Crippen molar-refractivity contribution in [2.45, 2.75) is 19.4 Å². The van der Waals surface area contributed by atoms with E-state index in [1.807, 2.05) is 6.92 Å². The number of aryl methyl sites for hydroxylation is 1. The Hall–Kier alpha value is -1.69. The lowest BCUT2D eigenvalue weighted by Gasteiger charge is -2.26. The normalized spacial score (nSPS) is 20.0. The zero-order valence-electron chi connectivity index (χ0n) is 10.1. The van der Waals surface area contributed by atoms with Crippen LogP contribution in [0.15, 0.2) is 12.4 Å². The molecule has 1 aliphatic rings. The Labute approximate surface area is 99.7 Å². The van der Waals surface area contributed by atoms with Crippen LogP contribution in [0.3, 0.4) is 0 Å². The van der Waals surface area contributed by atoms with Gasteiger partial charge in [-0.3, -0.25) is 0 Å². The van der Waals surface area contributed by atoms with Crippen molar-refractivity contribution in [2.24, 2.45) is 0 Å². The van der Waals surface area contributed by atoms with Gasteiger partial charge in [0.25, 0.3) is 5.78 Å². The van der Waals surface area contributed by atoms with E-state index in [1.165, 1.54) is 0 Å². The van der Waals surface area contributed by atoms with E-state index in [1.54, 1.807) is 10.8 Å². The van der Waals surface area contributed by atoms with E-state index in [0.29, 0.717) is 11.8 Å². The van der Waals surface area contributed by atoms with Gasteiger partial charge < -0.3 is 10.2 Å². The number of fused-ring (bicyclic) bond motifs is 1. The highest BCUT2D eigenvalue weighted by molar-refractivity contribution is 5.47. The molecule has 6 heteroatoms. The monoisotopic (exact) mass is 232 g/mol. The third kappa shape index (κ3) is 1.74. The van der Waals surface area contributed by atoms with Gasteiger partial charge in [0.2, 0.25) is 0 Å². The lowest BCUT2D eigenvalue weighted by Crippen LogP contribution is -2.34. The van der Waals surface area contributed by atoms with E-state index < -0.39 is 0 Å². The second-order valence-corrected chi connectivity index (χ2v) is 4.49. The van der Waals surface area contributed by atoms with E-state index in [4.69, 9.17) is 0 Å². The summed E-state index contributed by atoms with van der Waals surface area (Å²) in [6.07, 6.45) is 2.71. The fraction of sp³-hybridized carbons (Fsp3) is 0.545. The number of hydrogen-bond donors (Lipinski definition) is 1. The van der Waals surface area contributed by atoms with Crippen LogP contribution >= 0.6 is 0 Å². The van der Waals surface area contributed by atoms with Crippen molar-refractivity contribution < 1.29 is 0 Å². The van der Waals surface area contributed by atoms with Gasteiger partial charge in [0.1, 0.15) is 12.1 Å². The molecule has 0 bridgehead atoms. The number of anilines is 1. The van der Waals surface area contributed by atoms with Gasteiger partial charge in [-0.1, -0.05) is 0 Å². The summed E-state index contributed by atoms with van der Waals surface area (Å²) in [6, 6.07) is 2.57. The lowest BCUT2D eigenvalue weighted by atomic mass is 10.2. The Morgan fingerprint density at radius 2 is 2.41 bits per heavy atom. The highest BCUT2D eigenvalue weighted by atomic mass is 15.4. The minimum atomic E-state index is 0.518. The highest BCUT2D eigenvalue weighted by Gasteiger charge is 2.21. The molecule has 3 rings (SSSR count). The zero-order valence-corrected chi connectivity index (χ0v) is 10.1. The summed E-state index contributed by atoms with van der Waals surface area (Å²) in [5.41, 5.74) is 0.971. The van der Waals surface area contributed by atoms with Crippen LogP contribution in [0.1, 0.15) is 12.1 Å².